The largest absolute Gasteiger partial charge is 0.126 e. The van der Waals surface area contributed by atoms with Crippen molar-refractivity contribution in [2.45, 2.75) is 51.3 Å². The zero-order valence-electron chi connectivity index (χ0n) is 11.5. The summed E-state index contributed by atoms with van der Waals surface area (Å²) < 4.78 is 0. The monoisotopic (exact) mass is 250 g/mol. The molecule has 1 heteroatoms. The molecule has 0 aliphatic carbocycles. The third-order valence-corrected chi connectivity index (χ3v) is 3.38. The molecule has 0 radical (unpaired) electrons. The Balaban J connectivity index is 0.000000437. The second-order valence-corrected chi connectivity index (χ2v) is 5.26. The zero-order valence-corrected chi connectivity index (χ0v) is 12.4. The van der Waals surface area contributed by atoms with Gasteiger partial charge in [0.15, 0.2) is 0 Å². The highest BCUT2D eigenvalue weighted by Gasteiger charge is 1.91. The lowest BCUT2D eigenvalue weighted by Gasteiger charge is -2.00. The molecule has 1 rings (SSSR count). The van der Waals surface area contributed by atoms with Crippen LogP contribution >= 0.6 is 11.8 Å². The SMILES string of the molecule is C=CCCC.CCCCSc1ccc(C)cc1. The highest BCUT2D eigenvalue weighted by Crippen LogP contribution is 2.19. The van der Waals surface area contributed by atoms with Crippen molar-refractivity contribution < 1.29 is 0 Å². The fourth-order valence-electron chi connectivity index (χ4n) is 1.17. The summed E-state index contributed by atoms with van der Waals surface area (Å²) >= 11 is 1.95. The minimum absolute atomic E-state index is 1.15. The molecule has 96 valence electrons. The van der Waals surface area contributed by atoms with E-state index in [9.17, 15) is 0 Å². The lowest BCUT2D eigenvalue weighted by molar-refractivity contribution is 0.896. The Kier molecular flexibility index (Phi) is 11.3. The van der Waals surface area contributed by atoms with Crippen LogP contribution < -0.4 is 0 Å². The quantitative estimate of drug-likeness (QED) is 0.346. The van der Waals surface area contributed by atoms with Crippen molar-refractivity contribution in [1.82, 2.24) is 0 Å². The Labute approximate surface area is 112 Å². The number of thioether (sulfide) groups is 1. The van der Waals surface area contributed by atoms with E-state index >= 15 is 0 Å². The topological polar surface area (TPSA) is 0 Å². The summed E-state index contributed by atoms with van der Waals surface area (Å²) in [6.07, 6.45) is 6.92. The summed E-state index contributed by atoms with van der Waals surface area (Å²) in [7, 11) is 0. The highest BCUT2D eigenvalue weighted by atomic mass is 32.2. The number of benzene rings is 1. The molecule has 0 amide bonds. The van der Waals surface area contributed by atoms with Gasteiger partial charge in [0.2, 0.25) is 0 Å². The second-order valence-electron chi connectivity index (χ2n) is 4.09. The van der Waals surface area contributed by atoms with Crippen molar-refractivity contribution >= 4 is 11.8 Å². The molecule has 0 spiro atoms. The van der Waals surface area contributed by atoms with Gasteiger partial charge < -0.3 is 0 Å². The van der Waals surface area contributed by atoms with Crippen LogP contribution in [0.3, 0.4) is 0 Å². The maximum absolute atomic E-state index is 3.55. The van der Waals surface area contributed by atoms with Crippen molar-refractivity contribution in [3.05, 3.63) is 42.5 Å². The molecule has 0 aromatic heterocycles. The number of aryl methyl sites for hydroxylation is 1. The van der Waals surface area contributed by atoms with E-state index in [-0.39, 0.29) is 0 Å². The van der Waals surface area contributed by atoms with E-state index in [0.29, 0.717) is 0 Å². The first-order chi connectivity index (χ1) is 8.24. The minimum Gasteiger partial charge on any atom is -0.126 e. The van der Waals surface area contributed by atoms with Gasteiger partial charge in [-0.2, -0.15) is 0 Å². The molecule has 0 heterocycles. The smallest absolute Gasteiger partial charge is 0.00721 e. The van der Waals surface area contributed by atoms with Gasteiger partial charge in [0.1, 0.15) is 0 Å². The predicted molar refractivity (Wildman–Crippen MR) is 81.9 cm³/mol. The van der Waals surface area contributed by atoms with E-state index in [0.717, 1.165) is 6.42 Å². The van der Waals surface area contributed by atoms with Crippen molar-refractivity contribution in [2.24, 2.45) is 0 Å². The first-order valence-corrected chi connectivity index (χ1v) is 7.53. The molecule has 17 heavy (non-hydrogen) atoms. The summed E-state index contributed by atoms with van der Waals surface area (Å²) in [5, 5.41) is 0. The number of hydrogen-bond acceptors (Lipinski definition) is 1. The van der Waals surface area contributed by atoms with E-state index in [2.05, 4.69) is 51.6 Å². The summed E-state index contributed by atoms with van der Waals surface area (Å²) in [5.41, 5.74) is 1.34. The molecule has 1 aromatic rings. The Morgan fingerprint density at radius 2 is 1.76 bits per heavy atom. The average Bonchev–Trinajstić information content (AvgIpc) is 2.34. The van der Waals surface area contributed by atoms with Crippen molar-refractivity contribution in [2.75, 3.05) is 5.75 Å². The maximum atomic E-state index is 3.55. The lowest BCUT2D eigenvalue weighted by Crippen LogP contribution is -1.78. The Morgan fingerprint density at radius 1 is 1.12 bits per heavy atom. The average molecular weight is 250 g/mol. The fraction of sp³-hybridized carbons (Fsp3) is 0.500. The van der Waals surface area contributed by atoms with Gasteiger partial charge in [0.25, 0.3) is 0 Å². The van der Waals surface area contributed by atoms with Gasteiger partial charge in [-0.15, -0.1) is 18.3 Å². The zero-order chi connectivity index (χ0) is 12.9. The van der Waals surface area contributed by atoms with E-state index in [1.807, 2.05) is 17.8 Å². The van der Waals surface area contributed by atoms with E-state index < -0.39 is 0 Å². The molecule has 0 saturated heterocycles. The van der Waals surface area contributed by atoms with Crippen molar-refractivity contribution in [3.63, 3.8) is 0 Å². The summed E-state index contributed by atoms with van der Waals surface area (Å²) in [6.45, 7) is 10.0. The maximum Gasteiger partial charge on any atom is 0.00721 e. The molecular weight excluding hydrogens is 224 g/mol. The van der Waals surface area contributed by atoms with E-state index in [1.165, 1.54) is 35.5 Å². The summed E-state index contributed by atoms with van der Waals surface area (Å²) in [6, 6.07) is 8.76. The highest BCUT2D eigenvalue weighted by molar-refractivity contribution is 7.99. The number of rotatable bonds is 6. The van der Waals surface area contributed by atoms with Gasteiger partial charge in [-0.05, 0) is 37.7 Å². The van der Waals surface area contributed by atoms with Gasteiger partial charge in [0.05, 0.1) is 0 Å². The van der Waals surface area contributed by atoms with E-state index in [4.69, 9.17) is 0 Å². The van der Waals surface area contributed by atoms with Crippen molar-refractivity contribution in [3.8, 4) is 0 Å². The summed E-state index contributed by atoms with van der Waals surface area (Å²) in [5.74, 6) is 1.25. The molecular formula is C16H26S. The van der Waals surface area contributed by atoms with Crippen LogP contribution in [0.1, 0.15) is 45.1 Å². The van der Waals surface area contributed by atoms with Crippen LogP contribution in [0.15, 0.2) is 41.8 Å². The molecule has 0 unspecified atom stereocenters. The molecule has 0 aliphatic rings. The molecule has 0 saturated carbocycles. The van der Waals surface area contributed by atoms with Crippen molar-refractivity contribution in [1.29, 1.82) is 0 Å². The lowest BCUT2D eigenvalue weighted by atomic mass is 10.2. The fourth-order valence-corrected chi connectivity index (χ4v) is 2.17. The second kappa shape index (κ2) is 11.8. The van der Waals surface area contributed by atoms with Gasteiger partial charge in [0, 0.05) is 4.90 Å². The molecule has 0 N–H and O–H groups in total. The standard InChI is InChI=1S/C11H16S.C5H10/c1-3-4-9-12-11-7-5-10(2)6-8-11;1-3-5-4-2/h5-8H,3-4,9H2,1-2H3;3H,1,4-5H2,2H3. The number of hydrogen-bond donors (Lipinski definition) is 0. The third-order valence-electron chi connectivity index (χ3n) is 2.28. The molecule has 0 atom stereocenters. The van der Waals surface area contributed by atoms with Crippen LogP contribution in [-0.4, -0.2) is 5.75 Å². The summed E-state index contributed by atoms with van der Waals surface area (Å²) in [4.78, 5) is 1.40. The number of allylic oxidation sites excluding steroid dienone is 1. The Hall–Kier alpha value is -0.690. The van der Waals surface area contributed by atoms with Crippen LogP contribution in [0.5, 0.6) is 0 Å². The van der Waals surface area contributed by atoms with Crippen LogP contribution in [0, 0.1) is 6.92 Å². The normalized spacial score (nSPS) is 9.35. The third kappa shape index (κ3) is 10.2. The first-order valence-electron chi connectivity index (χ1n) is 6.54. The van der Waals surface area contributed by atoms with Gasteiger partial charge in [-0.25, -0.2) is 0 Å². The van der Waals surface area contributed by atoms with Crippen LogP contribution in [-0.2, 0) is 0 Å². The van der Waals surface area contributed by atoms with Gasteiger partial charge in [-0.3, -0.25) is 0 Å². The van der Waals surface area contributed by atoms with E-state index in [1.54, 1.807) is 0 Å². The van der Waals surface area contributed by atoms with Gasteiger partial charge >= 0.3 is 0 Å². The Morgan fingerprint density at radius 3 is 2.18 bits per heavy atom. The molecule has 0 nitrogen and oxygen atoms in total. The molecule has 1 aromatic carbocycles. The van der Waals surface area contributed by atoms with Gasteiger partial charge in [-0.1, -0.05) is 50.5 Å². The molecule has 0 bridgehead atoms. The molecule has 0 aliphatic heterocycles. The minimum atomic E-state index is 1.15. The Bertz CT molecular complexity index is 274. The van der Waals surface area contributed by atoms with Crippen LogP contribution in [0.2, 0.25) is 0 Å². The van der Waals surface area contributed by atoms with Crippen LogP contribution in [0.25, 0.3) is 0 Å². The first kappa shape index (κ1) is 16.3. The predicted octanol–water partition coefficient (Wildman–Crippen LogP) is 5.86. The van der Waals surface area contributed by atoms with Crippen LogP contribution in [0.4, 0.5) is 0 Å². The molecule has 0 fully saturated rings. The number of unbranched alkanes of at least 4 members (excludes halogenated alkanes) is 2.